The molecule has 0 aliphatic carbocycles. The van der Waals surface area contributed by atoms with E-state index in [4.69, 9.17) is 9.47 Å². The van der Waals surface area contributed by atoms with Crippen molar-refractivity contribution in [3.8, 4) is 17.2 Å². The van der Waals surface area contributed by atoms with Crippen LogP contribution in [0, 0.1) is 12.8 Å². The molecule has 8 nitrogen and oxygen atoms in total. The number of thiazole rings is 1. The van der Waals surface area contributed by atoms with Crippen LogP contribution < -0.4 is 19.2 Å². The first-order chi connectivity index (χ1) is 15.8. The molecule has 2 unspecified atom stereocenters. The first-order valence-corrected chi connectivity index (χ1v) is 11.8. The molecule has 0 saturated carbocycles. The third-order valence-corrected chi connectivity index (χ3v) is 8.38. The first-order valence-electron chi connectivity index (χ1n) is 10.1. The van der Waals surface area contributed by atoms with Crippen molar-refractivity contribution in [1.29, 1.82) is 0 Å². The molecule has 0 bridgehead atoms. The second-order valence-corrected chi connectivity index (χ2v) is 10.0. The zero-order valence-corrected chi connectivity index (χ0v) is 19.6. The number of benzene rings is 2. The van der Waals surface area contributed by atoms with Gasteiger partial charge in [0.05, 0.1) is 30.9 Å². The minimum absolute atomic E-state index is 0.164. The van der Waals surface area contributed by atoms with Crippen molar-refractivity contribution in [2.24, 2.45) is 5.92 Å². The van der Waals surface area contributed by atoms with Gasteiger partial charge in [-0.15, -0.1) is 0 Å². The Labute approximate surface area is 197 Å². The van der Waals surface area contributed by atoms with Crippen LogP contribution in [0.4, 0.5) is 5.69 Å². The number of anilines is 1. The van der Waals surface area contributed by atoms with Gasteiger partial charge in [-0.2, -0.15) is 0 Å². The molecule has 2 N–H and O–H groups in total. The van der Waals surface area contributed by atoms with Gasteiger partial charge in [-0.3, -0.25) is 14.4 Å². The highest BCUT2D eigenvalue weighted by Crippen LogP contribution is 2.54. The maximum absolute atomic E-state index is 13.7. The number of aromatic hydroxyl groups is 1. The Morgan fingerprint density at radius 1 is 1.00 bits per heavy atom. The van der Waals surface area contributed by atoms with Crippen molar-refractivity contribution in [3.63, 3.8) is 0 Å². The number of rotatable bonds is 4. The van der Waals surface area contributed by atoms with Gasteiger partial charge in [0.1, 0.15) is 5.25 Å². The van der Waals surface area contributed by atoms with Gasteiger partial charge < -0.3 is 19.6 Å². The molecule has 1 saturated heterocycles. The Hall–Kier alpha value is -3.24. The normalized spacial score (nSPS) is 21.7. The number of hydrogen-bond donors (Lipinski definition) is 2. The number of nitrogens with one attached hydrogen (secondary N) is 1. The van der Waals surface area contributed by atoms with Crippen LogP contribution >= 0.6 is 23.1 Å². The van der Waals surface area contributed by atoms with Gasteiger partial charge in [0, 0.05) is 10.8 Å². The smallest absolute Gasteiger partial charge is 0.305 e. The molecule has 3 heterocycles. The molecular weight excluding hydrogens is 464 g/mol. The summed E-state index contributed by atoms with van der Waals surface area (Å²) in [5.41, 5.74) is 2.15. The van der Waals surface area contributed by atoms with E-state index >= 15 is 0 Å². The number of aryl methyl sites for hydroxylation is 1. The number of hydrogen-bond acceptors (Lipinski definition) is 8. The molecule has 0 radical (unpaired) electrons. The fourth-order valence-electron chi connectivity index (χ4n) is 4.42. The highest BCUT2D eigenvalue weighted by atomic mass is 32.2. The highest BCUT2D eigenvalue weighted by molar-refractivity contribution is 8.00. The van der Waals surface area contributed by atoms with Gasteiger partial charge in [-0.25, -0.2) is 4.90 Å². The lowest BCUT2D eigenvalue weighted by atomic mass is 9.83. The predicted octanol–water partition coefficient (Wildman–Crippen LogP) is 3.26. The molecule has 0 spiro atoms. The number of H-pyrrole nitrogens is 1. The SMILES string of the molecule is COc1cc([C@H]2c3sc(=O)[nH]c3SC3C(=O)N(c4ccc(C)cc4)C(=O)C32)cc(OC)c1O. The lowest BCUT2D eigenvalue weighted by molar-refractivity contribution is -0.122. The third kappa shape index (κ3) is 3.32. The number of phenolic OH excluding ortho intramolecular Hbond substituents is 1. The van der Waals surface area contributed by atoms with Crippen LogP contribution in [0.1, 0.15) is 21.9 Å². The zero-order chi connectivity index (χ0) is 23.4. The number of thioether (sulfide) groups is 1. The molecule has 10 heteroatoms. The van der Waals surface area contributed by atoms with Crippen molar-refractivity contribution in [2.45, 2.75) is 23.1 Å². The fourth-order valence-corrected chi connectivity index (χ4v) is 6.93. The van der Waals surface area contributed by atoms with Crippen molar-refractivity contribution in [3.05, 3.63) is 62.1 Å². The predicted molar refractivity (Wildman–Crippen MR) is 125 cm³/mol. The Kier molecular flexibility index (Phi) is 5.21. The van der Waals surface area contributed by atoms with Crippen LogP contribution in [0.15, 0.2) is 46.2 Å². The number of ether oxygens (including phenoxy) is 2. The van der Waals surface area contributed by atoms with Crippen LogP contribution in [0.5, 0.6) is 17.2 Å². The van der Waals surface area contributed by atoms with Gasteiger partial charge in [0.15, 0.2) is 11.5 Å². The topological polar surface area (TPSA) is 109 Å². The van der Waals surface area contributed by atoms with E-state index in [1.165, 1.54) is 30.9 Å². The number of amides is 2. The van der Waals surface area contributed by atoms with E-state index in [0.717, 1.165) is 16.9 Å². The van der Waals surface area contributed by atoms with Crippen molar-refractivity contribution in [1.82, 2.24) is 4.98 Å². The standard InChI is InChI=1S/C23H20N2O6S2/c1-10-4-6-12(7-5-10)25-21(27)16-15(11-8-13(30-2)17(26)14(9-11)31-3)18-20(24-23(29)33-18)32-19(16)22(25)28/h4-9,15-16,19,26H,1-3H3,(H,24,29)/t15-,16?,19?/m1/s1. The lowest BCUT2D eigenvalue weighted by Gasteiger charge is -2.30. The Morgan fingerprint density at radius 2 is 1.64 bits per heavy atom. The average Bonchev–Trinajstić information content (AvgIpc) is 3.29. The molecule has 1 aromatic heterocycles. The molecule has 170 valence electrons. The van der Waals surface area contributed by atoms with E-state index in [2.05, 4.69) is 4.98 Å². The minimum atomic E-state index is -0.735. The van der Waals surface area contributed by atoms with Crippen LogP contribution in [0.3, 0.4) is 0 Å². The van der Waals surface area contributed by atoms with Gasteiger partial charge >= 0.3 is 4.87 Å². The van der Waals surface area contributed by atoms with Crippen LogP contribution in [-0.4, -0.2) is 41.4 Å². The fraction of sp³-hybridized carbons (Fsp3) is 0.261. The number of nitrogens with zero attached hydrogens (tertiary/aromatic N) is 1. The molecule has 2 aliphatic heterocycles. The van der Waals surface area contributed by atoms with E-state index in [9.17, 15) is 19.5 Å². The number of aromatic amines is 1. The molecule has 5 rings (SSSR count). The molecular formula is C23H20N2O6S2. The molecule has 1 fully saturated rings. The van der Waals surface area contributed by atoms with Crippen molar-refractivity contribution in [2.75, 3.05) is 19.1 Å². The molecule has 2 aliphatic rings. The highest BCUT2D eigenvalue weighted by Gasteiger charge is 2.56. The van der Waals surface area contributed by atoms with E-state index in [0.29, 0.717) is 21.2 Å². The number of carbonyl (C=O) groups excluding carboxylic acids is 2. The van der Waals surface area contributed by atoms with Crippen molar-refractivity contribution < 1.29 is 24.2 Å². The molecule has 3 aromatic rings. The second kappa shape index (κ2) is 7.96. The summed E-state index contributed by atoms with van der Waals surface area (Å²) in [5, 5.41) is 10.2. The average molecular weight is 485 g/mol. The van der Waals surface area contributed by atoms with E-state index < -0.39 is 17.1 Å². The lowest BCUT2D eigenvalue weighted by Crippen LogP contribution is -2.32. The van der Waals surface area contributed by atoms with Crippen molar-refractivity contribution >= 4 is 40.6 Å². The number of phenols is 1. The summed E-state index contributed by atoms with van der Waals surface area (Å²) >= 11 is 2.23. The number of fused-ring (bicyclic) bond motifs is 2. The Bertz CT molecular complexity index is 1300. The van der Waals surface area contributed by atoms with Gasteiger partial charge in [-0.1, -0.05) is 40.8 Å². The summed E-state index contributed by atoms with van der Waals surface area (Å²) in [7, 11) is 2.84. The number of methoxy groups -OCH3 is 2. The van der Waals surface area contributed by atoms with E-state index in [1.54, 1.807) is 24.3 Å². The first kappa shape index (κ1) is 21.6. The summed E-state index contributed by atoms with van der Waals surface area (Å²) in [4.78, 5) is 43.8. The quantitative estimate of drug-likeness (QED) is 0.547. The minimum Gasteiger partial charge on any atom is -0.502 e. The molecule has 2 amide bonds. The van der Waals surface area contributed by atoms with E-state index in [1.807, 2.05) is 19.1 Å². The summed E-state index contributed by atoms with van der Waals surface area (Å²) in [5.74, 6) is -1.79. The van der Waals surface area contributed by atoms with Gasteiger partial charge in [-0.05, 0) is 36.8 Å². The van der Waals surface area contributed by atoms with Gasteiger partial charge in [0.25, 0.3) is 0 Å². The van der Waals surface area contributed by atoms with Crippen LogP contribution in [0.25, 0.3) is 0 Å². The Morgan fingerprint density at radius 3 is 2.24 bits per heavy atom. The van der Waals surface area contributed by atoms with Crippen LogP contribution in [0.2, 0.25) is 0 Å². The summed E-state index contributed by atoms with van der Waals surface area (Å²) in [6.45, 7) is 1.93. The largest absolute Gasteiger partial charge is 0.502 e. The van der Waals surface area contributed by atoms with E-state index in [-0.39, 0.29) is 33.9 Å². The summed E-state index contributed by atoms with van der Waals surface area (Å²) < 4.78 is 10.6. The third-order valence-electron chi connectivity index (χ3n) is 5.98. The Balaban J connectivity index is 1.68. The maximum Gasteiger partial charge on any atom is 0.305 e. The summed E-state index contributed by atoms with van der Waals surface area (Å²) in [6.07, 6.45) is 0. The second-order valence-electron chi connectivity index (χ2n) is 7.87. The summed E-state index contributed by atoms with van der Waals surface area (Å²) in [6, 6.07) is 10.5. The molecule has 3 atom stereocenters. The van der Waals surface area contributed by atoms with Gasteiger partial charge in [0.2, 0.25) is 17.6 Å². The van der Waals surface area contributed by atoms with Crippen LogP contribution in [-0.2, 0) is 9.59 Å². The molecule has 33 heavy (non-hydrogen) atoms. The number of carbonyl (C=O) groups is 2. The monoisotopic (exact) mass is 484 g/mol. The maximum atomic E-state index is 13.7. The zero-order valence-electron chi connectivity index (χ0n) is 17.9. The number of aromatic nitrogens is 1. The number of imide groups is 1. The molecule has 2 aromatic carbocycles.